The Labute approximate surface area is 218 Å². The van der Waals surface area contributed by atoms with Gasteiger partial charge in [0.2, 0.25) is 0 Å². The smallest absolute Gasteiger partial charge is 0.333 e. The molecule has 202 valence electrons. The maximum Gasteiger partial charge on any atom is 0.333 e. The Kier molecular flexibility index (Phi) is 5.42. The number of ether oxygens (including phenoxy) is 3. The third-order valence-electron chi connectivity index (χ3n) is 11.6. The van der Waals surface area contributed by atoms with Gasteiger partial charge in [-0.25, -0.2) is 4.79 Å². The van der Waals surface area contributed by atoms with Crippen LogP contribution in [-0.4, -0.2) is 57.8 Å². The van der Waals surface area contributed by atoms with Crippen LogP contribution in [0.4, 0.5) is 0 Å². The molecule has 0 aromatic carbocycles. The number of hydrogen-bond donors (Lipinski definition) is 2. The molecular formula is C30H40O7. The molecule has 6 aliphatic rings. The van der Waals surface area contributed by atoms with E-state index in [2.05, 4.69) is 19.9 Å². The molecule has 6 rings (SSSR count). The molecule has 0 amide bonds. The van der Waals surface area contributed by atoms with Crippen LogP contribution in [-0.2, 0) is 23.8 Å². The largest absolute Gasteiger partial charge is 0.458 e. The van der Waals surface area contributed by atoms with Crippen LogP contribution in [0.3, 0.4) is 0 Å². The molecule has 37 heavy (non-hydrogen) atoms. The number of carbonyl (C=O) groups is 2. The van der Waals surface area contributed by atoms with E-state index in [1.54, 1.807) is 12.2 Å². The van der Waals surface area contributed by atoms with Gasteiger partial charge in [-0.15, -0.1) is 0 Å². The van der Waals surface area contributed by atoms with E-state index in [1.165, 1.54) is 5.57 Å². The predicted octanol–water partition coefficient (Wildman–Crippen LogP) is 3.78. The molecule has 2 N–H and O–H groups in total. The van der Waals surface area contributed by atoms with Crippen LogP contribution >= 0.6 is 0 Å². The average molecular weight is 513 g/mol. The maximum atomic E-state index is 13.5. The van der Waals surface area contributed by atoms with Gasteiger partial charge >= 0.3 is 5.97 Å². The summed E-state index contributed by atoms with van der Waals surface area (Å²) in [5.41, 5.74) is -0.888. The van der Waals surface area contributed by atoms with Crippen LogP contribution in [0.25, 0.3) is 0 Å². The SMILES string of the molecule is CC1=C(C)C(=O)O[C@@H]([C@@H](C)C2=C[C@@H]3O[C@@H](C)O[C@@]34[C@@H]3C[C@@H](O)[C@@]5(O)CC=CC(=O)[C@]5(C)[C@H]3CC[C@]24C)C1. The second kappa shape index (κ2) is 7.87. The lowest BCUT2D eigenvalue weighted by atomic mass is 9.41. The first-order valence-corrected chi connectivity index (χ1v) is 13.9. The molecule has 3 fully saturated rings. The van der Waals surface area contributed by atoms with Crippen molar-refractivity contribution in [1.29, 1.82) is 0 Å². The highest BCUT2D eigenvalue weighted by Crippen LogP contribution is 2.71. The van der Waals surface area contributed by atoms with Crippen molar-refractivity contribution in [2.45, 2.75) is 109 Å². The third kappa shape index (κ3) is 2.92. The van der Waals surface area contributed by atoms with Gasteiger partial charge in [-0.3, -0.25) is 4.79 Å². The Morgan fingerprint density at radius 1 is 1.16 bits per heavy atom. The van der Waals surface area contributed by atoms with Crippen LogP contribution < -0.4 is 0 Å². The van der Waals surface area contributed by atoms with E-state index in [0.717, 1.165) is 18.4 Å². The third-order valence-corrected chi connectivity index (χ3v) is 11.6. The number of hydrogen-bond acceptors (Lipinski definition) is 7. The summed E-state index contributed by atoms with van der Waals surface area (Å²) in [6.07, 6.45) is 6.15. The first-order chi connectivity index (χ1) is 17.3. The molecule has 0 bridgehead atoms. The molecule has 0 aromatic rings. The minimum Gasteiger partial charge on any atom is -0.458 e. The highest BCUT2D eigenvalue weighted by Gasteiger charge is 2.77. The predicted molar refractivity (Wildman–Crippen MR) is 135 cm³/mol. The normalized spacial score (nSPS) is 51.6. The minimum atomic E-state index is -1.49. The van der Waals surface area contributed by atoms with E-state index in [9.17, 15) is 19.8 Å². The number of aliphatic hydroxyl groups excluding tert-OH is 1. The first kappa shape index (κ1) is 25.5. The number of ketones is 1. The zero-order chi connectivity index (χ0) is 26.7. The average Bonchev–Trinajstić information content (AvgIpc) is 3.29. The molecule has 0 unspecified atom stereocenters. The topological polar surface area (TPSA) is 102 Å². The summed E-state index contributed by atoms with van der Waals surface area (Å²) in [7, 11) is 0. The van der Waals surface area contributed by atoms with Crippen LogP contribution in [0.1, 0.15) is 73.6 Å². The van der Waals surface area contributed by atoms with Crippen molar-refractivity contribution in [1.82, 2.24) is 0 Å². The van der Waals surface area contributed by atoms with E-state index in [1.807, 2.05) is 27.7 Å². The molecule has 7 heteroatoms. The van der Waals surface area contributed by atoms with E-state index in [-0.39, 0.29) is 48.1 Å². The van der Waals surface area contributed by atoms with Gasteiger partial charge in [0, 0.05) is 23.3 Å². The Hall–Kier alpha value is -1.80. The fourth-order valence-electron chi connectivity index (χ4n) is 9.27. The summed E-state index contributed by atoms with van der Waals surface area (Å²) in [6, 6.07) is 0. The van der Waals surface area contributed by atoms with Gasteiger partial charge in [-0.2, -0.15) is 0 Å². The van der Waals surface area contributed by atoms with E-state index >= 15 is 0 Å². The summed E-state index contributed by atoms with van der Waals surface area (Å²) >= 11 is 0. The standard InChI is InChI=1S/C30H40O7/c1-15-12-22(36-26(33)16(15)2)17(3)20-14-25-30(37-18(4)35-25)21-13-24(32)29(34)10-7-8-23(31)28(29,6)19(21)9-11-27(20,30)5/h7-8,14,17-19,21-22,24-25,32,34H,9-13H2,1-6H3/t17-,18+,19-,21+,22+,24+,25-,27+,28-,29-,30-/m0/s1. The highest BCUT2D eigenvalue weighted by molar-refractivity contribution is 5.97. The summed E-state index contributed by atoms with van der Waals surface area (Å²) in [4.78, 5) is 26.0. The first-order valence-electron chi connectivity index (χ1n) is 13.9. The van der Waals surface area contributed by atoms with Gasteiger partial charge in [0.25, 0.3) is 0 Å². The zero-order valence-corrected chi connectivity index (χ0v) is 22.7. The number of esters is 1. The molecule has 4 aliphatic carbocycles. The summed E-state index contributed by atoms with van der Waals surface area (Å²) in [5.74, 6) is -0.763. The number of aliphatic hydroxyl groups is 2. The fourth-order valence-corrected chi connectivity index (χ4v) is 9.27. The van der Waals surface area contributed by atoms with Gasteiger partial charge in [-0.05, 0) is 71.3 Å². The van der Waals surface area contributed by atoms with Crippen LogP contribution in [0.2, 0.25) is 0 Å². The minimum absolute atomic E-state index is 0.0428. The lowest BCUT2D eigenvalue weighted by molar-refractivity contribution is -0.265. The molecule has 2 aliphatic heterocycles. The lowest BCUT2D eigenvalue weighted by Gasteiger charge is -2.65. The molecule has 2 saturated carbocycles. The number of fused-ring (bicyclic) bond motifs is 3. The quantitative estimate of drug-likeness (QED) is 0.429. The van der Waals surface area contributed by atoms with Gasteiger partial charge in [0.1, 0.15) is 23.4 Å². The molecule has 1 saturated heterocycles. The van der Waals surface area contributed by atoms with E-state index < -0.39 is 34.4 Å². The Morgan fingerprint density at radius 3 is 2.59 bits per heavy atom. The second-order valence-corrected chi connectivity index (χ2v) is 12.9. The molecule has 7 nitrogen and oxygen atoms in total. The second-order valence-electron chi connectivity index (χ2n) is 12.9. The molecule has 1 spiro atoms. The zero-order valence-electron chi connectivity index (χ0n) is 22.7. The molecule has 0 aromatic heterocycles. The maximum absolute atomic E-state index is 13.5. The molecule has 2 heterocycles. The number of allylic oxidation sites excluding steroid dienone is 1. The van der Waals surface area contributed by atoms with Crippen LogP contribution in [0.5, 0.6) is 0 Å². The van der Waals surface area contributed by atoms with Crippen molar-refractivity contribution in [2.24, 2.45) is 28.6 Å². The number of cyclic esters (lactones) is 1. The van der Waals surface area contributed by atoms with Crippen molar-refractivity contribution in [3.63, 3.8) is 0 Å². The molecule has 11 atom stereocenters. The van der Waals surface area contributed by atoms with Gasteiger partial charge in [0.05, 0.1) is 11.5 Å². The highest BCUT2D eigenvalue weighted by atomic mass is 16.7. The van der Waals surface area contributed by atoms with Crippen molar-refractivity contribution < 1.29 is 34.0 Å². The van der Waals surface area contributed by atoms with Crippen molar-refractivity contribution in [2.75, 3.05) is 0 Å². The van der Waals surface area contributed by atoms with Crippen molar-refractivity contribution >= 4 is 11.8 Å². The van der Waals surface area contributed by atoms with Gasteiger partial charge < -0.3 is 24.4 Å². The number of rotatable bonds is 2. The van der Waals surface area contributed by atoms with E-state index in [4.69, 9.17) is 14.2 Å². The van der Waals surface area contributed by atoms with Gasteiger partial charge in [-0.1, -0.05) is 37.1 Å². The summed E-state index contributed by atoms with van der Waals surface area (Å²) in [6.45, 7) is 11.9. The number of carbonyl (C=O) groups excluding carboxylic acids is 2. The van der Waals surface area contributed by atoms with Crippen LogP contribution in [0, 0.1) is 28.6 Å². The van der Waals surface area contributed by atoms with Crippen molar-refractivity contribution in [3.05, 3.63) is 34.9 Å². The van der Waals surface area contributed by atoms with E-state index in [0.29, 0.717) is 18.4 Å². The van der Waals surface area contributed by atoms with Crippen molar-refractivity contribution in [3.8, 4) is 0 Å². The van der Waals surface area contributed by atoms with Gasteiger partial charge in [0.15, 0.2) is 12.1 Å². The molecule has 0 radical (unpaired) electrons. The van der Waals surface area contributed by atoms with Crippen LogP contribution in [0.15, 0.2) is 34.9 Å². The lowest BCUT2D eigenvalue weighted by Crippen LogP contribution is -2.73. The Morgan fingerprint density at radius 2 is 1.89 bits per heavy atom. The summed E-state index contributed by atoms with van der Waals surface area (Å²) < 4.78 is 19.1. The molecular weight excluding hydrogens is 472 g/mol. The summed E-state index contributed by atoms with van der Waals surface area (Å²) in [5, 5.41) is 23.2. The fraction of sp³-hybridized carbons (Fsp3) is 0.733. The Bertz CT molecular complexity index is 1150. The Balaban J connectivity index is 1.42. The monoisotopic (exact) mass is 512 g/mol.